The van der Waals surface area contributed by atoms with Gasteiger partial charge in [-0.1, -0.05) is 104 Å². The van der Waals surface area contributed by atoms with Crippen LogP contribution in [-0.2, 0) is 4.79 Å². The Morgan fingerprint density at radius 1 is 0.727 bits per heavy atom. The lowest BCUT2D eigenvalue weighted by molar-refractivity contribution is -0.129. The molecular weight excluding hydrogens is 270 g/mol. The van der Waals surface area contributed by atoms with Crippen molar-refractivity contribution in [3.05, 3.63) is 0 Å². The first-order chi connectivity index (χ1) is 10.5. The SMILES string of the molecule is CCCCCCCCCCCCCCCC(C)(C)C(=O)NC. The zero-order valence-corrected chi connectivity index (χ0v) is 15.8. The van der Waals surface area contributed by atoms with Gasteiger partial charge < -0.3 is 5.32 Å². The summed E-state index contributed by atoms with van der Waals surface area (Å²) < 4.78 is 0. The molecule has 0 aliphatic carbocycles. The lowest BCUT2D eigenvalue weighted by atomic mass is 9.86. The Kier molecular flexibility index (Phi) is 13.7. The summed E-state index contributed by atoms with van der Waals surface area (Å²) in [7, 11) is 1.73. The molecule has 0 spiro atoms. The fourth-order valence-electron chi connectivity index (χ4n) is 3.04. The van der Waals surface area contributed by atoms with Crippen molar-refractivity contribution in [1.29, 1.82) is 0 Å². The van der Waals surface area contributed by atoms with Crippen molar-refractivity contribution in [2.75, 3.05) is 7.05 Å². The Balaban J connectivity index is 3.25. The van der Waals surface area contributed by atoms with Gasteiger partial charge in [0, 0.05) is 12.5 Å². The zero-order chi connectivity index (χ0) is 16.7. The number of carbonyl (C=O) groups is 1. The Morgan fingerprint density at radius 2 is 1.09 bits per heavy atom. The molecule has 22 heavy (non-hydrogen) atoms. The topological polar surface area (TPSA) is 29.1 Å². The first kappa shape index (κ1) is 21.5. The van der Waals surface area contributed by atoms with Crippen LogP contribution in [0.2, 0.25) is 0 Å². The normalized spacial score (nSPS) is 11.6. The van der Waals surface area contributed by atoms with Crippen LogP contribution in [0, 0.1) is 5.41 Å². The highest BCUT2D eigenvalue weighted by atomic mass is 16.2. The molecule has 0 saturated heterocycles. The minimum atomic E-state index is -0.202. The number of hydrogen-bond acceptors (Lipinski definition) is 1. The van der Waals surface area contributed by atoms with Gasteiger partial charge in [-0.15, -0.1) is 0 Å². The zero-order valence-electron chi connectivity index (χ0n) is 15.8. The smallest absolute Gasteiger partial charge is 0.225 e. The van der Waals surface area contributed by atoms with Crippen LogP contribution in [0.5, 0.6) is 0 Å². The highest BCUT2D eigenvalue weighted by Gasteiger charge is 2.25. The van der Waals surface area contributed by atoms with E-state index in [4.69, 9.17) is 0 Å². The van der Waals surface area contributed by atoms with E-state index in [1.807, 2.05) is 13.8 Å². The van der Waals surface area contributed by atoms with Crippen LogP contribution in [0.15, 0.2) is 0 Å². The Hall–Kier alpha value is -0.530. The maximum atomic E-state index is 11.7. The molecule has 0 unspecified atom stereocenters. The van der Waals surface area contributed by atoms with Crippen LogP contribution in [0.3, 0.4) is 0 Å². The van der Waals surface area contributed by atoms with E-state index in [1.165, 1.54) is 83.5 Å². The summed E-state index contributed by atoms with van der Waals surface area (Å²) in [5.74, 6) is 0.173. The van der Waals surface area contributed by atoms with E-state index in [-0.39, 0.29) is 11.3 Å². The van der Waals surface area contributed by atoms with E-state index < -0.39 is 0 Å². The number of nitrogens with one attached hydrogen (secondary N) is 1. The minimum Gasteiger partial charge on any atom is -0.359 e. The minimum absolute atomic E-state index is 0.173. The summed E-state index contributed by atoms with van der Waals surface area (Å²) in [5.41, 5.74) is -0.202. The summed E-state index contributed by atoms with van der Waals surface area (Å²) >= 11 is 0. The molecule has 1 N–H and O–H groups in total. The Labute approximate surface area is 139 Å². The molecule has 0 radical (unpaired) electrons. The fraction of sp³-hybridized carbons (Fsp3) is 0.950. The van der Waals surface area contributed by atoms with E-state index in [0.29, 0.717) is 0 Å². The molecule has 0 aliphatic heterocycles. The molecule has 2 heteroatoms. The van der Waals surface area contributed by atoms with Crippen LogP contribution in [0.1, 0.15) is 111 Å². The highest BCUT2D eigenvalue weighted by molar-refractivity contribution is 5.81. The van der Waals surface area contributed by atoms with Gasteiger partial charge in [0.1, 0.15) is 0 Å². The molecule has 0 aromatic heterocycles. The van der Waals surface area contributed by atoms with Crippen LogP contribution < -0.4 is 5.32 Å². The van der Waals surface area contributed by atoms with Crippen molar-refractivity contribution >= 4 is 5.91 Å². The van der Waals surface area contributed by atoms with Gasteiger partial charge >= 0.3 is 0 Å². The summed E-state index contributed by atoms with van der Waals surface area (Å²) in [5, 5.41) is 2.76. The molecule has 0 aromatic rings. The summed E-state index contributed by atoms with van der Waals surface area (Å²) in [4.78, 5) is 11.7. The first-order valence-electron chi connectivity index (χ1n) is 9.76. The van der Waals surface area contributed by atoms with E-state index in [1.54, 1.807) is 7.05 Å². The van der Waals surface area contributed by atoms with Crippen molar-refractivity contribution in [1.82, 2.24) is 5.32 Å². The van der Waals surface area contributed by atoms with Crippen molar-refractivity contribution in [3.8, 4) is 0 Å². The van der Waals surface area contributed by atoms with E-state index >= 15 is 0 Å². The lowest BCUT2D eigenvalue weighted by Gasteiger charge is -2.22. The summed E-state index contributed by atoms with van der Waals surface area (Å²) in [6.45, 7) is 6.37. The second-order valence-corrected chi connectivity index (χ2v) is 7.46. The second-order valence-electron chi connectivity index (χ2n) is 7.46. The van der Waals surface area contributed by atoms with Gasteiger partial charge in [-0.3, -0.25) is 4.79 Å². The van der Waals surface area contributed by atoms with Crippen LogP contribution in [0.25, 0.3) is 0 Å². The molecule has 0 heterocycles. The van der Waals surface area contributed by atoms with E-state index in [0.717, 1.165) is 6.42 Å². The van der Waals surface area contributed by atoms with Gasteiger partial charge in [-0.2, -0.15) is 0 Å². The number of amides is 1. The van der Waals surface area contributed by atoms with Gasteiger partial charge in [-0.05, 0) is 6.42 Å². The fourth-order valence-corrected chi connectivity index (χ4v) is 3.04. The maximum Gasteiger partial charge on any atom is 0.225 e. The van der Waals surface area contributed by atoms with Crippen LogP contribution in [0.4, 0.5) is 0 Å². The van der Waals surface area contributed by atoms with Gasteiger partial charge in [0.2, 0.25) is 5.91 Å². The van der Waals surface area contributed by atoms with E-state index in [2.05, 4.69) is 12.2 Å². The molecular formula is C20H41NO. The monoisotopic (exact) mass is 311 g/mol. The van der Waals surface area contributed by atoms with Gasteiger partial charge in [-0.25, -0.2) is 0 Å². The molecule has 0 aliphatic rings. The average Bonchev–Trinajstić information content (AvgIpc) is 2.50. The molecule has 0 bridgehead atoms. The van der Waals surface area contributed by atoms with E-state index in [9.17, 15) is 4.79 Å². The molecule has 0 atom stereocenters. The van der Waals surface area contributed by atoms with Crippen LogP contribution in [-0.4, -0.2) is 13.0 Å². The Morgan fingerprint density at radius 3 is 1.45 bits per heavy atom. The first-order valence-corrected chi connectivity index (χ1v) is 9.76. The third-order valence-electron chi connectivity index (χ3n) is 4.75. The Bertz CT molecular complexity index is 260. The standard InChI is InChI=1S/C20H41NO/c1-5-6-7-8-9-10-11-12-13-14-15-16-17-18-20(2,3)19(22)21-4/h5-18H2,1-4H3,(H,21,22). The third-order valence-corrected chi connectivity index (χ3v) is 4.75. The van der Waals surface area contributed by atoms with Crippen molar-refractivity contribution in [3.63, 3.8) is 0 Å². The third kappa shape index (κ3) is 12.1. The molecule has 0 rings (SSSR count). The highest BCUT2D eigenvalue weighted by Crippen LogP contribution is 2.24. The van der Waals surface area contributed by atoms with Crippen molar-refractivity contribution < 1.29 is 4.79 Å². The van der Waals surface area contributed by atoms with Crippen molar-refractivity contribution in [2.45, 2.75) is 111 Å². The molecule has 1 amide bonds. The molecule has 0 saturated carbocycles. The van der Waals surface area contributed by atoms with Gasteiger partial charge in [0.25, 0.3) is 0 Å². The summed E-state index contributed by atoms with van der Waals surface area (Å²) in [6, 6.07) is 0. The van der Waals surface area contributed by atoms with Crippen molar-refractivity contribution in [2.24, 2.45) is 5.41 Å². The molecule has 2 nitrogen and oxygen atoms in total. The summed E-state index contributed by atoms with van der Waals surface area (Å²) in [6.07, 6.45) is 18.9. The predicted octanol–water partition coefficient (Wildman–Crippen LogP) is 6.24. The number of carbonyl (C=O) groups excluding carboxylic acids is 1. The van der Waals surface area contributed by atoms with Gasteiger partial charge in [0.05, 0.1) is 0 Å². The van der Waals surface area contributed by atoms with Gasteiger partial charge in [0.15, 0.2) is 0 Å². The number of unbranched alkanes of at least 4 members (excludes halogenated alkanes) is 12. The second kappa shape index (κ2) is 14.1. The molecule has 0 aromatic carbocycles. The molecule has 132 valence electrons. The number of rotatable bonds is 15. The maximum absolute atomic E-state index is 11.7. The lowest BCUT2D eigenvalue weighted by Crippen LogP contribution is -2.34. The number of hydrogen-bond donors (Lipinski definition) is 1. The largest absolute Gasteiger partial charge is 0.359 e. The van der Waals surface area contributed by atoms with Crippen LogP contribution >= 0.6 is 0 Å². The molecule has 0 fully saturated rings. The predicted molar refractivity (Wildman–Crippen MR) is 98.2 cm³/mol. The average molecular weight is 312 g/mol. The quantitative estimate of drug-likeness (QED) is 0.356.